The van der Waals surface area contributed by atoms with Crippen molar-refractivity contribution in [3.8, 4) is 11.8 Å². The summed E-state index contributed by atoms with van der Waals surface area (Å²) in [5, 5.41) is 8.93. The van der Waals surface area contributed by atoms with Crippen molar-refractivity contribution >= 4 is 5.91 Å². The lowest BCUT2D eigenvalue weighted by molar-refractivity contribution is 0.0760. The lowest BCUT2D eigenvalue weighted by atomic mass is 10.1. The third-order valence-corrected chi connectivity index (χ3v) is 3.07. The van der Waals surface area contributed by atoms with Crippen molar-refractivity contribution in [3.63, 3.8) is 0 Å². The number of nitriles is 1. The van der Waals surface area contributed by atoms with Crippen molar-refractivity contribution in [1.29, 1.82) is 5.26 Å². The molecule has 0 aromatic heterocycles. The van der Waals surface area contributed by atoms with Crippen LogP contribution in [0.15, 0.2) is 18.2 Å². The molecule has 94 valence electrons. The summed E-state index contributed by atoms with van der Waals surface area (Å²) in [5.41, 5.74) is -0.0158. The average molecular weight is 248 g/mol. The fourth-order valence-electron chi connectivity index (χ4n) is 2.09. The Labute approximate surface area is 105 Å². The standard InChI is InChI=1S/C13H13FN2O2/c1-18-10-4-5-11(12(14)7-10)13(17)16-6-2-3-9(16)8-15/h4-5,7,9H,2-3,6H2,1H3. The second kappa shape index (κ2) is 5.05. The Hall–Kier alpha value is -2.09. The van der Waals surface area contributed by atoms with E-state index in [2.05, 4.69) is 6.07 Å². The maximum Gasteiger partial charge on any atom is 0.257 e. The molecule has 4 nitrogen and oxygen atoms in total. The van der Waals surface area contributed by atoms with Crippen LogP contribution in [0.4, 0.5) is 4.39 Å². The first-order valence-corrected chi connectivity index (χ1v) is 5.71. The second-order valence-corrected chi connectivity index (χ2v) is 4.13. The zero-order chi connectivity index (χ0) is 13.1. The maximum atomic E-state index is 13.8. The van der Waals surface area contributed by atoms with Crippen LogP contribution in [0.3, 0.4) is 0 Å². The molecule has 1 fully saturated rings. The van der Waals surface area contributed by atoms with Crippen LogP contribution >= 0.6 is 0 Å². The zero-order valence-electron chi connectivity index (χ0n) is 10.0. The summed E-state index contributed by atoms with van der Waals surface area (Å²) in [4.78, 5) is 13.6. The number of methoxy groups -OCH3 is 1. The monoisotopic (exact) mass is 248 g/mol. The molecule has 18 heavy (non-hydrogen) atoms. The number of rotatable bonds is 2. The Bertz CT molecular complexity index is 510. The molecular weight excluding hydrogens is 235 g/mol. The Balaban J connectivity index is 2.26. The zero-order valence-corrected chi connectivity index (χ0v) is 10.0. The van der Waals surface area contributed by atoms with Gasteiger partial charge >= 0.3 is 0 Å². The smallest absolute Gasteiger partial charge is 0.257 e. The Morgan fingerprint density at radius 1 is 1.61 bits per heavy atom. The van der Waals surface area contributed by atoms with Crippen molar-refractivity contribution in [2.24, 2.45) is 0 Å². The van der Waals surface area contributed by atoms with Crippen LogP contribution in [0, 0.1) is 17.1 Å². The summed E-state index contributed by atoms with van der Waals surface area (Å²) in [7, 11) is 1.43. The van der Waals surface area contributed by atoms with Gasteiger partial charge in [0.1, 0.15) is 17.6 Å². The maximum absolute atomic E-state index is 13.8. The number of hydrogen-bond donors (Lipinski definition) is 0. The van der Waals surface area contributed by atoms with Crippen LogP contribution in [0.2, 0.25) is 0 Å². The SMILES string of the molecule is COc1ccc(C(=O)N2CCCC2C#N)c(F)c1. The number of carbonyl (C=O) groups is 1. The predicted octanol–water partition coefficient (Wildman–Crippen LogP) is 1.96. The molecule has 1 aromatic carbocycles. The molecule has 1 heterocycles. The van der Waals surface area contributed by atoms with Crippen molar-refractivity contribution in [1.82, 2.24) is 4.90 Å². The van der Waals surface area contributed by atoms with E-state index >= 15 is 0 Å². The van der Waals surface area contributed by atoms with E-state index in [-0.39, 0.29) is 5.56 Å². The lowest BCUT2D eigenvalue weighted by Crippen LogP contribution is -2.35. The highest BCUT2D eigenvalue weighted by Gasteiger charge is 2.30. The summed E-state index contributed by atoms with van der Waals surface area (Å²) in [6.07, 6.45) is 1.43. The van der Waals surface area contributed by atoms with Gasteiger partial charge in [0, 0.05) is 12.6 Å². The molecule has 0 radical (unpaired) electrons. The first-order chi connectivity index (χ1) is 8.67. The summed E-state index contributed by atoms with van der Waals surface area (Å²) in [6.45, 7) is 0.503. The van der Waals surface area contributed by atoms with Crippen LogP contribution in [0.25, 0.3) is 0 Å². The number of benzene rings is 1. The van der Waals surface area contributed by atoms with E-state index in [1.165, 1.54) is 30.2 Å². The van der Waals surface area contributed by atoms with Gasteiger partial charge in [0.2, 0.25) is 0 Å². The number of likely N-dealkylation sites (tertiary alicyclic amines) is 1. The van der Waals surface area contributed by atoms with E-state index in [1.807, 2.05) is 0 Å². The van der Waals surface area contributed by atoms with Gasteiger partial charge in [0.15, 0.2) is 0 Å². The largest absolute Gasteiger partial charge is 0.497 e. The van der Waals surface area contributed by atoms with Crippen LogP contribution in [0.1, 0.15) is 23.2 Å². The van der Waals surface area contributed by atoms with Crippen LogP contribution < -0.4 is 4.74 Å². The number of hydrogen-bond acceptors (Lipinski definition) is 3. The van der Waals surface area contributed by atoms with Crippen molar-refractivity contribution in [3.05, 3.63) is 29.6 Å². The van der Waals surface area contributed by atoms with E-state index in [1.54, 1.807) is 0 Å². The summed E-state index contributed by atoms with van der Waals surface area (Å²) < 4.78 is 18.6. The van der Waals surface area contributed by atoms with Crippen LogP contribution in [0.5, 0.6) is 5.75 Å². The minimum absolute atomic E-state index is 0.0158. The van der Waals surface area contributed by atoms with Gasteiger partial charge in [-0.2, -0.15) is 5.26 Å². The number of ether oxygens (including phenoxy) is 1. The van der Waals surface area contributed by atoms with Gasteiger partial charge in [0.25, 0.3) is 5.91 Å². The lowest BCUT2D eigenvalue weighted by Gasteiger charge is -2.19. The molecule has 0 saturated carbocycles. The molecule has 0 aliphatic carbocycles. The fourth-order valence-corrected chi connectivity index (χ4v) is 2.09. The van der Waals surface area contributed by atoms with Gasteiger partial charge in [-0.15, -0.1) is 0 Å². The molecule has 2 rings (SSSR count). The van der Waals surface area contributed by atoms with Crippen LogP contribution in [-0.2, 0) is 0 Å². The Kier molecular flexibility index (Phi) is 3.47. The fraction of sp³-hybridized carbons (Fsp3) is 0.385. The van der Waals surface area contributed by atoms with E-state index in [4.69, 9.17) is 10.00 Å². The first kappa shape index (κ1) is 12.4. The van der Waals surface area contributed by atoms with Gasteiger partial charge in [0.05, 0.1) is 18.7 Å². The van der Waals surface area contributed by atoms with Crippen molar-refractivity contribution in [2.75, 3.05) is 13.7 Å². The summed E-state index contributed by atoms with van der Waals surface area (Å²) >= 11 is 0. The van der Waals surface area contributed by atoms with Gasteiger partial charge < -0.3 is 9.64 Å². The molecular formula is C13H13FN2O2. The topological polar surface area (TPSA) is 53.3 Å². The second-order valence-electron chi connectivity index (χ2n) is 4.13. The summed E-state index contributed by atoms with van der Waals surface area (Å²) in [5.74, 6) is -0.690. The molecule has 1 aromatic rings. The number of carbonyl (C=O) groups excluding carboxylic acids is 1. The van der Waals surface area contributed by atoms with Crippen LogP contribution in [-0.4, -0.2) is 30.5 Å². The van der Waals surface area contributed by atoms with E-state index in [0.717, 1.165) is 6.42 Å². The average Bonchev–Trinajstić information content (AvgIpc) is 2.86. The summed E-state index contributed by atoms with van der Waals surface area (Å²) in [6, 6.07) is 5.72. The molecule has 1 aliphatic rings. The molecule has 1 saturated heterocycles. The van der Waals surface area contributed by atoms with Crippen molar-refractivity contribution < 1.29 is 13.9 Å². The van der Waals surface area contributed by atoms with Gasteiger partial charge in [-0.05, 0) is 25.0 Å². The van der Waals surface area contributed by atoms with Gasteiger partial charge in [-0.1, -0.05) is 0 Å². The molecule has 0 N–H and O–H groups in total. The molecule has 1 aliphatic heterocycles. The normalized spacial score (nSPS) is 18.5. The molecule has 1 atom stereocenters. The van der Waals surface area contributed by atoms with E-state index in [0.29, 0.717) is 18.7 Å². The molecule has 0 spiro atoms. The highest BCUT2D eigenvalue weighted by Crippen LogP contribution is 2.22. The predicted molar refractivity (Wildman–Crippen MR) is 62.6 cm³/mol. The van der Waals surface area contributed by atoms with Gasteiger partial charge in [-0.3, -0.25) is 4.79 Å². The number of halogens is 1. The highest BCUT2D eigenvalue weighted by molar-refractivity contribution is 5.95. The minimum Gasteiger partial charge on any atom is -0.497 e. The molecule has 1 unspecified atom stereocenters. The Morgan fingerprint density at radius 2 is 2.39 bits per heavy atom. The number of nitrogens with zero attached hydrogens (tertiary/aromatic N) is 2. The molecule has 5 heteroatoms. The number of amides is 1. The van der Waals surface area contributed by atoms with E-state index < -0.39 is 17.8 Å². The Morgan fingerprint density at radius 3 is 3.00 bits per heavy atom. The molecule has 0 bridgehead atoms. The van der Waals surface area contributed by atoms with E-state index in [9.17, 15) is 9.18 Å². The quantitative estimate of drug-likeness (QED) is 0.804. The van der Waals surface area contributed by atoms with Crippen molar-refractivity contribution in [2.45, 2.75) is 18.9 Å². The molecule has 1 amide bonds. The van der Waals surface area contributed by atoms with Gasteiger partial charge in [-0.25, -0.2) is 4.39 Å². The third kappa shape index (κ3) is 2.14. The minimum atomic E-state index is -0.622. The third-order valence-electron chi connectivity index (χ3n) is 3.07. The first-order valence-electron chi connectivity index (χ1n) is 5.71. The highest BCUT2D eigenvalue weighted by atomic mass is 19.1.